The molecule has 0 unspecified atom stereocenters. The number of aromatic hydroxyl groups is 2. The summed E-state index contributed by atoms with van der Waals surface area (Å²) in [5.41, 5.74) is 3.24. The van der Waals surface area contributed by atoms with Crippen molar-refractivity contribution in [3.63, 3.8) is 0 Å². The van der Waals surface area contributed by atoms with E-state index in [2.05, 4.69) is 14.9 Å². The van der Waals surface area contributed by atoms with Crippen LogP contribution in [0.15, 0.2) is 23.5 Å². The van der Waals surface area contributed by atoms with E-state index in [1.807, 2.05) is 6.92 Å². The van der Waals surface area contributed by atoms with Crippen LogP contribution in [-0.2, 0) is 29.3 Å². The zero-order valence-corrected chi connectivity index (χ0v) is 14.3. The molecule has 0 spiro atoms. The van der Waals surface area contributed by atoms with Gasteiger partial charge in [0.1, 0.15) is 11.5 Å². The topological polar surface area (TPSA) is 104 Å². The van der Waals surface area contributed by atoms with Crippen LogP contribution in [-0.4, -0.2) is 46.3 Å². The lowest BCUT2D eigenvalue weighted by molar-refractivity contribution is 0.238. The van der Waals surface area contributed by atoms with Crippen LogP contribution in [0.1, 0.15) is 22.4 Å². The van der Waals surface area contributed by atoms with Gasteiger partial charge in [0.15, 0.2) is 0 Å². The van der Waals surface area contributed by atoms with E-state index in [0.29, 0.717) is 26.1 Å². The predicted octanol–water partition coefficient (Wildman–Crippen LogP) is 1.16. The molecule has 1 aliphatic rings. The number of hydrogen-bond donors (Lipinski definition) is 2. The van der Waals surface area contributed by atoms with Gasteiger partial charge in [-0.1, -0.05) is 0 Å². The number of nitrogens with zero attached hydrogens (tertiary/aromatic N) is 3. The molecule has 0 radical (unpaired) electrons. The minimum absolute atomic E-state index is 0.0412. The highest BCUT2D eigenvalue weighted by Gasteiger charge is 2.22. The van der Waals surface area contributed by atoms with Crippen LogP contribution in [0.2, 0.25) is 0 Å². The van der Waals surface area contributed by atoms with E-state index in [1.54, 1.807) is 12.3 Å². The van der Waals surface area contributed by atoms with Gasteiger partial charge >= 0.3 is 0 Å². The van der Waals surface area contributed by atoms with Crippen molar-refractivity contribution in [2.24, 2.45) is 0 Å². The molecule has 0 saturated carbocycles. The first kappa shape index (κ1) is 16.7. The van der Waals surface area contributed by atoms with E-state index >= 15 is 0 Å². The van der Waals surface area contributed by atoms with Gasteiger partial charge in [-0.05, 0) is 18.6 Å². The Labute approximate surface area is 140 Å². The number of sulfone groups is 1. The number of rotatable bonds is 3. The summed E-state index contributed by atoms with van der Waals surface area (Å²) in [7, 11) is -3.41. The molecule has 2 heterocycles. The molecular formula is C16H19N3O4S. The van der Waals surface area contributed by atoms with E-state index in [1.165, 1.54) is 6.07 Å². The second kappa shape index (κ2) is 6.03. The second-order valence-electron chi connectivity index (χ2n) is 6.12. The summed E-state index contributed by atoms with van der Waals surface area (Å²) in [4.78, 5) is 10.2. The highest BCUT2D eigenvalue weighted by Crippen LogP contribution is 2.29. The lowest BCUT2D eigenvalue weighted by atomic mass is 10.0. The van der Waals surface area contributed by atoms with Gasteiger partial charge in [-0.2, -0.15) is 0 Å². The maximum Gasteiger partial charge on any atom is 0.246 e. The predicted molar refractivity (Wildman–Crippen MR) is 87.5 cm³/mol. The minimum atomic E-state index is -3.41. The molecule has 0 atom stereocenters. The Balaban J connectivity index is 1.81. The van der Waals surface area contributed by atoms with E-state index in [-0.39, 0.29) is 16.7 Å². The first-order chi connectivity index (χ1) is 11.2. The fourth-order valence-electron chi connectivity index (χ4n) is 2.88. The summed E-state index contributed by atoms with van der Waals surface area (Å²) in [6.45, 7) is 3.66. The van der Waals surface area contributed by atoms with Crippen LogP contribution in [0.25, 0.3) is 0 Å². The van der Waals surface area contributed by atoms with Gasteiger partial charge in [0.05, 0.1) is 5.69 Å². The van der Waals surface area contributed by atoms with Crippen molar-refractivity contribution in [2.75, 3.05) is 12.8 Å². The first-order valence-electron chi connectivity index (χ1n) is 7.52. The number of aryl methyl sites for hydroxylation is 1. The lowest BCUT2D eigenvalue weighted by Crippen LogP contribution is -2.31. The fourth-order valence-corrected chi connectivity index (χ4v) is 3.40. The third-order valence-electron chi connectivity index (χ3n) is 4.14. The smallest absolute Gasteiger partial charge is 0.246 e. The molecule has 0 saturated heterocycles. The molecule has 2 aromatic rings. The Bertz CT molecular complexity index is 873. The van der Waals surface area contributed by atoms with Gasteiger partial charge in [0.25, 0.3) is 0 Å². The minimum Gasteiger partial charge on any atom is -0.508 e. The zero-order chi connectivity index (χ0) is 17.5. The normalized spacial score (nSPS) is 15.2. The van der Waals surface area contributed by atoms with Crippen LogP contribution >= 0.6 is 0 Å². The van der Waals surface area contributed by atoms with Crippen molar-refractivity contribution in [2.45, 2.75) is 31.6 Å². The average molecular weight is 349 g/mol. The Morgan fingerprint density at radius 1 is 1.29 bits per heavy atom. The summed E-state index contributed by atoms with van der Waals surface area (Å²) in [6.07, 6.45) is 3.28. The monoisotopic (exact) mass is 349 g/mol. The second-order valence-corrected chi connectivity index (χ2v) is 8.03. The molecule has 7 nitrogen and oxygen atoms in total. The van der Waals surface area contributed by atoms with Crippen LogP contribution in [0.5, 0.6) is 11.5 Å². The standard InChI is InChI=1S/C16H19N3O4S/c1-10-5-12(20)6-15(21)13(10)9-19-4-3-14-11(8-19)7-17-16(18-14)24(2,22)23/h5-7,20-21H,3-4,8-9H2,1-2H3. The van der Waals surface area contributed by atoms with E-state index in [9.17, 15) is 18.6 Å². The van der Waals surface area contributed by atoms with Crippen molar-refractivity contribution < 1.29 is 18.6 Å². The molecule has 0 bridgehead atoms. The average Bonchev–Trinajstić information content (AvgIpc) is 2.49. The Morgan fingerprint density at radius 3 is 2.71 bits per heavy atom. The lowest BCUT2D eigenvalue weighted by Gasteiger charge is -2.28. The van der Waals surface area contributed by atoms with Crippen molar-refractivity contribution in [1.82, 2.24) is 14.9 Å². The summed E-state index contributed by atoms with van der Waals surface area (Å²) < 4.78 is 23.1. The highest BCUT2D eigenvalue weighted by atomic mass is 32.2. The first-order valence-corrected chi connectivity index (χ1v) is 9.42. The fraction of sp³-hybridized carbons (Fsp3) is 0.375. The number of aromatic nitrogens is 2. The molecule has 1 aliphatic heterocycles. The molecule has 0 amide bonds. The molecule has 0 fully saturated rings. The molecule has 0 aliphatic carbocycles. The molecule has 1 aromatic carbocycles. The number of hydrogen-bond acceptors (Lipinski definition) is 7. The number of benzene rings is 1. The summed E-state index contributed by atoms with van der Waals surface area (Å²) in [5.74, 6) is 0.112. The number of phenols is 2. The van der Waals surface area contributed by atoms with E-state index in [0.717, 1.165) is 28.6 Å². The molecule has 2 N–H and O–H groups in total. The van der Waals surface area contributed by atoms with Gasteiger partial charge in [0.2, 0.25) is 15.0 Å². The SMILES string of the molecule is Cc1cc(O)cc(O)c1CN1CCc2nc(S(C)(=O)=O)ncc2C1. The number of phenolic OH excluding ortho intramolecular Hbond substituents is 2. The van der Waals surface area contributed by atoms with Gasteiger partial charge < -0.3 is 10.2 Å². The van der Waals surface area contributed by atoms with Gasteiger partial charge in [-0.25, -0.2) is 18.4 Å². The molecule has 128 valence electrons. The summed E-state index contributed by atoms with van der Waals surface area (Å²) >= 11 is 0. The van der Waals surface area contributed by atoms with E-state index < -0.39 is 9.84 Å². The van der Waals surface area contributed by atoms with Crippen molar-refractivity contribution in [3.05, 3.63) is 40.7 Å². The Hall–Kier alpha value is -2.19. The maximum atomic E-state index is 11.5. The Kier molecular flexibility index (Phi) is 4.18. The maximum absolute atomic E-state index is 11.5. The van der Waals surface area contributed by atoms with Crippen LogP contribution in [0.4, 0.5) is 0 Å². The van der Waals surface area contributed by atoms with Crippen molar-refractivity contribution in [3.8, 4) is 11.5 Å². The highest BCUT2D eigenvalue weighted by molar-refractivity contribution is 7.90. The van der Waals surface area contributed by atoms with E-state index in [4.69, 9.17) is 0 Å². The quantitative estimate of drug-likeness (QED) is 0.801. The Morgan fingerprint density at radius 2 is 2.04 bits per heavy atom. The molecule has 3 rings (SSSR count). The molecular weight excluding hydrogens is 330 g/mol. The van der Waals surface area contributed by atoms with Gasteiger partial charge in [0, 0.05) is 55.7 Å². The van der Waals surface area contributed by atoms with Crippen LogP contribution in [0.3, 0.4) is 0 Å². The number of fused-ring (bicyclic) bond motifs is 1. The van der Waals surface area contributed by atoms with Crippen molar-refractivity contribution in [1.29, 1.82) is 0 Å². The van der Waals surface area contributed by atoms with Gasteiger partial charge in [-0.3, -0.25) is 4.90 Å². The molecule has 1 aromatic heterocycles. The summed E-state index contributed by atoms with van der Waals surface area (Å²) in [5, 5.41) is 19.4. The third-order valence-corrected chi connectivity index (χ3v) is 5.00. The molecule has 8 heteroatoms. The van der Waals surface area contributed by atoms with Crippen LogP contribution in [0, 0.1) is 6.92 Å². The largest absolute Gasteiger partial charge is 0.508 e. The third kappa shape index (κ3) is 3.34. The van der Waals surface area contributed by atoms with Crippen LogP contribution < -0.4 is 0 Å². The zero-order valence-electron chi connectivity index (χ0n) is 13.5. The van der Waals surface area contributed by atoms with Crippen molar-refractivity contribution >= 4 is 9.84 Å². The van der Waals surface area contributed by atoms with Gasteiger partial charge in [-0.15, -0.1) is 0 Å². The summed E-state index contributed by atoms with van der Waals surface area (Å²) in [6, 6.07) is 2.95. The molecule has 24 heavy (non-hydrogen) atoms.